The highest BCUT2D eigenvalue weighted by Gasteiger charge is 2.14. The third kappa shape index (κ3) is 1.98. The number of rotatable bonds is 2. The molecule has 7 heteroatoms. The summed E-state index contributed by atoms with van der Waals surface area (Å²) >= 11 is 6.38. The van der Waals surface area contributed by atoms with Crippen LogP contribution in [0.3, 0.4) is 0 Å². The van der Waals surface area contributed by atoms with Crippen LogP contribution in [-0.2, 0) is 4.74 Å². The van der Waals surface area contributed by atoms with E-state index in [0.717, 1.165) is 19.3 Å². The molecular formula is C11H7BrN2O2S2. The summed E-state index contributed by atoms with van der Waals surface area (Å²) in [5.41, 5.74) is 0.911. The molecule has 0 aliphatic heterocycles. The minimum Gasteiger partial charge on any atom is -0.465 e. The van der Waals surface area contributed by atoms with E-state index >= 15 is 0 Å². The number of nitrogens with zero attached hydrogens (tertiary/aromatic N) is 2. The maximum Gasteiger partial charge on any atom is 0.349 e. The van der Waals surface area contributed by atoms with E-state index in [0.29, 0.717) is 4.88 Å². The van der Waals surface area contributed by atoms with E-state index in [-0.39, 0.29) is 5.97 Å². The molecule has 0 N–H and O–H groups in total. The van der Waals surface area contributed by atoms with Crippen LogP contribution in [0.1, 0.15) is 9.67 Å². The molecule has 0 unspecified atom stereocenters. The van der Waals surface area contributed by atoms with Gasteiger partial charge in [0.25, 0.3) is 0 Å². The monoisotopic (exact) mass is 342 g/mol. The van der Waals surface area contributed by atoms with Gasteiger partial charge in [-0.05, 0) is 28.1 Å². The van der Waals surface area contributed by atoms with Crippen LogP contribution in [-0.4, -0.2) is 22.5 Å². The van der Waals surface area contributed by atoms with Crippen molar-refractivity contribution in [1.29, 1.82) is 0 Å². The molecule has 0 aliphatic carbocycles. The van der Waals surface area contributed by atoms with Crippen molar-refractivity contribution in [2.24, 2.45) is 0 Å². The lowest BCUT2D eigenvalue weighted by atomic mass is 10.4. The first kappa shape index (κ1) is 11.9. The molecule has 4 nitrogen and oxygen atoms in total. The summed E-state index contributed by atoms with van der Waals surface area (Å²) in [7, 11) is 1.37. The van der Waals surface area contributed by atoms with E-state index in [4.69, 9.17) is 0 Å². The maximum absolute atomic E-state index is 11.4. The molecule has 0 bridgehead atoms. The minimum atomic E-state index is -0.328. The Hall–Kier alpha value is -1.18. The smallest absolute Gasteiger partial charge is 0.349 e. The minimum absolute atomic E-state index is 0.328. The number of halogens is 1. The Morgan fingerprint density at radius 2 is 2.22 bits per heavy atom. The molecule has 18 heavy (non-hydrogen) atoms. The van der Waals surface area contributed by atoms with Crippen LogP contribution in [0.5, 0.6) is 0 Å². The van der Waals surface area contributed by atoms with Crippen molar-refractivity contribution in [1.82, 2.24) is 9.38 Å². The Labute approximate surface area is 119 Å². The van der Waals surface area contributed by atoms with Gasteiger partial charge in [-0.3, -0.25) is 4.40 Å². The SMILES string of the molecule is COC(=O)c1cn2cc(-c3ccc(Br)s3)nc2s1. The molecule has 0 amide bonds. The molecule has 0 spiro atoms. The Kier molecular flexibility index (Phi) is 2.96. The second kappa shape index (κ2) is 4.49. The molecule has 0 saturated carbocycles. The normalized spacial score (nSPS) is 11.0. The average Bonchev–Trinajstić information content (AvgIpc) is 3.00. The number of carbonyl (C=O) groups excluding carboxylic acids is 1. The molecule has 3 aromatic heterocycles. The first-order valence-electron chi connectivity index (χ1n) is 5.00. The van der Waals surface area contributed by atoms with Crippen molar-refractivity contribution in [2.45, 2.75) is 0 Å². The van der Waals surface area contributed by atoms with Gasteiger partial charge in [-0.2, -0.15) is 0 Å². The lowest BCUT2D eigenvalue weighted by Gasteiger charge is -1.91. The van der Waals surface area contributed by atoms with Gasteiger partial charge in [0.05, 0.1) is 15.8 Å². The Balaban J connectivity index is 2.03. The molecule has 0 saturated heterocycles. The fraction of sp³-hybridized carbons (Fsp3) is 0.0909. The molecule has 3 aromatic rings. The van der Waals surface area contributed by atoms with Crippen LogP contribution in [0.2, 0.25) is 0 Å². The topological polar surface area (TPSA) is 43.6 Å². The van der Waals surface area contributed by atoms with Crippen LogP contribution in [0.25, 0.3) is 15.5 Å². The first-order valence-corrected chi connectivity index (χ1v) is 7.42. The number of hydrogen-bond donors (Lipinski definition) is 0. The molecule has 0 atom stereocenters. The van der Waals surface area contributed by atoms with Gasteiger partial charge in [0.15, 0.2) is 4.96 Å². The summed E-state index contributed by atoms with van der Waals surface area (Å²) in [6.45, 7) is 0. The first-order chi connectivity index (χ1) is 8.67. The second-order valence-corrected chi connectivity index (χ2v) is 6.98. The average molecular weight is 343 g/mol. The highest BCUT2D eigenvalue weighted by atomic mass is 79.9. The number of esters is 1. The fourth-order valence-electron chi connectivity index (χ4n) is 1.56. The molecule has 3 heterocycles. The molecule has 0 aromatic carbocycles. The van der Waals surface area contributed by atoms with Crippen molar-refractivity contribution in [3.8, 4) is 10.6 Å². The zero-order valence-corrected chi connectivity index (χ0v) is 12.4. The van der Waals surface area contributed by atoms with Crippen molar-refractivity contribution >= 4 is 49.5 Å². The van der Waals surface area contributed by atoms with E-state index in [1.165, 1.54) is 18.4 Å². The Morgan fingerprint density at radius 1 is 1.39 bits per heavy atom. The predicted molar refractivity (Wildman–Crippen MR) is 75.4 cm³/mol. The van der Waals surface area contributed by atoms with E-state index < -0.39 is 0 Å². The van der Waals surface area contributed by atoms with E-state index in [2.05, 4.69) is 25.7 Å². The van der Waals surface area contributed by atoms with Crippen molar-refractivity contribution in [2.75, 3.05) is 7.11 Å². The van der Waals surface area contributed by atoms with Crippen LogP contribution < -0.4 is 0 Å². The van der Waals surface area contributed by atoms with Gasteiger partial charge in [0.1, 0.15) is 10.6 Å². The van der Waals surface area contributed by atoms with Gasteiger partial charge < -0.3 is 4.74 Å². The number of fused-ring (bicyclic) bond motifs is 1. The predicted octanol–water partition coefficient (Wildman–Crippen LogP) is 3.67. The number of carbonyl (C=O) groups is 1. The Morgan fingerprint density at radius 3 is 2.83 bits per heavy atom. The number of imidazole rings is 1. The number of thiazole rings is 1. The number of thiophene rings is 1. The lowest BCUT2D eigenvalue weighted by molar-refractivity contribution is 0.0606. The molecular weight excluding hydrogens is 336 g/mol. The number of ether oxygens (including phenoxy) is 1. The summed E-state index contributed by atoms with van der Waals surface area (Å²) in [5.74, 6) is -0.328. The van der Waals surface area contributed by atoms with E-state index in [1.807, 2.05) is 22.7 Å². The molecule has 3 rings (SSSR count). The quantitative estimate of drug-likeness (QED) is 0.667. The van der Waals surface area contributed by atoms with Gasteiger partial charge in [-0.1, -0.05) is 11.3 Å². The van der Waals surface area contributed by atoms with Crippen molar-refractivity contribution in [3.05, 3.63) is 33.2 Å². The molecule has 92 valence electrons. The van der Waals surface area contributed by atoms with Gasteiger partial charge in [-0.25, -0.2) is 9.78 Å². The lowest BCUT2D eigenvalue weighted by Crippen LogP contribution is -1.97. The standard InChI is InChI=1S/C11H7BrN2O2S2/c1-16-10(15)8-5-14-4-6(13-11(14)18-8)7-2-3-9(12)17-7/h2-5H,1H3. The number of methoxy groups -OCH3 is 1. The van der Waals surface area contributed by atoms with Crippen molar-refractivity contribution < 1.29 is 9.53 Å². The summed E-state index contributed by atoms with van der Waals surface area (Å²) in [4.78, 5) is 18.3. The molecule has 0 fully saturated rings. The molecule has 0 radical (unpaired) electrons. The van der Waals surface area contributed by atoms with Crippen LogP contribution in [0.4, 0.5) is 0 Å². The van der Waals surface area contributed by atoms with Gasteiger partial charge in [-0.15, -0.1) is 11.3 Å². The van der Waals surface area contributed by atoms with Crippen molar-refractivity contribution in [3.63, 3.8) is 0 Å². The summed E-state index contributed by atoms with van der Waals surface area (Å²) < 4.78 is 7.60. The van der Waals surface area contributed by atoms with Crippen LogP contribution >= 0.6 is 38.6 Å². The van der Waals surface area contributed by atoms with Gasteiger partial charge >= 0.3 is 5.97 Å². The zero-order chi connectivity index (χ0) is 12.7. The van der Waals surface area contributed by atoms with Crippen LogP contribution in [0, 0.1) is 0 Å². The number of hydrogen-bond acceptors (Lipinski definition) is 5. The third-order valence-corrected chi connectivity index (χ3v) is 4.99. The summed E-state index contributed by atoms with van der Waals surface area (Å²) in [6, 6.07) is 4.01. The molecule has 0 aliphatic rings. The zero-order valence-electron chi connectivity index (χ0n) is 9.21. The largest absolute Gasteiger partial charge is 0.465 e. The highest BCUT2D eigenvalue weighted by Crippen LogP contribution is 2.32. The summed E-state index contributed by atoms with van der Waals surface area (Å²) in [6.07, 6.45) is 3.65. The van der Waals surface area contributed by atoms with Crippen LogP contribution in [0.15, 0.2) is 28.3 Å². The Bertz CT molecular complexity index is 697. The third-order valence-electron chi connectivity index (χ3n) is 2.37. The number of aromatic nitrogens is 2. The van der Waals surface area contributed by atoms with E-state index in [9.17, 15) is 4.79 Å². The van der Waals surface area contributed by atoms with Gasteiger partial charge in [0, 0.05) is 12.4 Å². The maximum atomic E-state index is 11.4. The second-order valence-electron chi connectivity index (χ2n) is 3.51. The highest BCUT2D eigenvalue weighted by molar-refractivity contribution is 9.11. The van der Waals surface area contributed by atoms with E-state index in [1.54, 1.807) is 17.5 Å². The van der Waals surface area contributed by atoms with Gasteiger partial charge in [0.2, 0.25) is 0 Å². The fourth-order valence-corrected chi connectivity index (χ4v) is 3.79. The summed E-state index contributed by atoms with van der Waals surface area (Å²) in [5, 5.41) is 0.